The molecule has 0 saturated heterocycles. The maximum atomic E-state index is 12.9. The molecule has 134 valence electrons. The molecule has 4 rings (SSSR count). The van der Waals surface area contributed by atoms with Crippen LogP contribution < -0.4 is 5.32 Å². The first-order chi connectivity index (χ1) is 12.6. The molecule has 2 aliphatic rings. The molecular formula is C21H21NO3S. The van der Waals surface area contributed by atoms with Crippen molar-refractivity contribution >= 4 is 23.6 Å². The highest BCUT2D eigenvalue weighted by Gasteiger charge is 2.53. The zero-order valence-corrected chi connectivity index (χ0v) is 15.3. The van der Waals surface area contributed by atoms with E-state index in [0.717, 1.165) is 12.8 Å². The molecule has 4 unspecified atom stereocenters. The fraction of sp³-hybridized carbons (Fsp3) is 0.333. The van der Waals surface area contributed by atoms with Gasteiger partial charge < -0.3 is 10.4 Å². The number of nitrogens with one attached hydrogen (secondary N) is 1. The van der Waals surface area contributed by atoms with E-state index >= 15 is 0 Å². The van der Waals surface area contributed by atoms with Crippen LogP contribution in [0.3, 0.4) is 0 Å². The summed E-state index contributed by atoms with van der Waals surface area (Å²) in [4.78, 5) is 24.7. The fourth-order valence-electron chi connectivity index (χ4n) is 3.99. The Morgan fingerprint density at radius 2 is 1.88 bits per heavy atom. The molecule has 0 aromatic heterocycles. The lowest BCUT2D eigenvalue weighted by Gasteiger charge is -2.13. The molecule has 2 aromatic rings. The number of aliphatic carboxylic acids is 1. The topological polar surface area (TPSA) is 66.4 Å². The lowest BCUT2D eigenvalue weighted by Crippen LogP contribution is -2.28. The van der Waals surface area contributed by atoms with Gasteiger partial charge >= 0.3 is 5.97 Å². The van der Waals surface area contributed by atoms with Gasteiger partial charge in [0, 0.05) is 16.9 Å². The van der Waals surface area contributed by atoms with Crippen LogP contribution in [0.4, 0.5) is 0 Å². The third-order valence-electron chi connectivity index (χ3n) is 5.41. The van der Waals surface area contributed by atoms with E-state index in [1.807, 2.05) is 18.2 Å². The van der Waals surface area contributed by atoms with E-state index in [1.165, 1.54) is 22.9 Å². The van der Waals surface area contributed by atoms with Gasteiger partial charge in [-0.3, -0.25) is 9.59 Å². The number of fused-ring (bicyclic) bond motifs is 3. The smallest absolute Gasteiger partial charge is 0.316 e. The highest BCUT2D eigenvalue weighted by molar-refractivity contribution is 8.00. The van der Waals surface area contributed by atoms with Crippen LogP contribution in [0.1, 0.15) is 40.7 Å². The van der Waals surface area contributed by atoms with Crippen molar-refractivity contribution in [3.63, 3.8) is 0 Å². The van der Waals surface area contributed by atoms with E-state index in [1.54, 1.807) is 13.0 Å². The van der Waals surface area contributed by atoms with Crippen LogP contribution in [0.2, 0.25) is 0 Å². The number of carboxylic acid groups (broad SMARTS) is 1. The molecular weight excluding hydrogens is 346 g/mol. The molecule has 0 radical (unpaired) electrons. The van der Waals surface area contributed by atoms with Crippen LogP contribution in [0, 0.1) is 5.92 Å². The van der Waals surface area contributed by atoms with Gasteiger partial charge in [0.05, 0.1) is 5.56 Å². The SMILES string of the molecule is CC(Sc1ccccc1C(=O)NC1C2CCc3ccccc3C21)C(=O)O. The monoisotopic (exact) mass is 367 g/mol. The Bertz CT molecular complexity index is 866. The Labute approximate surface area is 157 Å². The fourth-order valence-corrected chi connectivity index (χ4v) is 4.92. The highest BCUT2D eigenvalue weighted by atomic mass is 32.2. The summed E-state index contributed by atoms with van der Waals surface area (Å²) in [6, 6.07) is 15.9. The molecule has 26 heavy (non-hydrogen) atoms. The third-order valence-corrected chi connectivity index (χ3v) is 6.58. The van der Waals surface area contributed by atoms with Gasteiger partial charge in [0.15, 0.2) is 0 Å². The van der Waals surface area contributed by atoms with Crippen molar-refractivity contribution in [3.05, 3.63) is 65.2 Å². The summed E-state index contributed by atoms with van der Waals surface area (Å²) < 4.78 is 0. The summed E-state index contributed by atoms with van der Waals surface area (Å²) in [7, 11) is 0. The third kappa shape index (κ3) is 3.12. The number of carbonyl (C=O) groups is 2. The second-order valence-electron chi connectivity index (χ2n) is 7.02. The number of thioether (sulfide) groups is 1. The van der Waals surface area contributed by atoms with Crippen molar-refractivity contribution in [2.75, 3.05) is 0 Å². The predicted octanol–water partition coefficient (Wildman–Crippen LogP) is 3.71. The molecule has 2 N–H and O–H groups in total. The molecule has 4 atom stereocenters. The van der Waals surface area contributed by atoms with E-state index in [4.69, 9.17) is 5.11 Å². The van der Waals surface area contributed by atoms with E-state index < -0.39 is 11.2 Å². The second-order valence-corrected chi connectivity index (χ2v) is 8.40. The molecule has 2 aromatic carbocycles. The van der Waals surface area contributed by atoms with E-state index in [9.17, 15) is 9.59 Å². The Balaban J connectivity index is 1.50. The van der Waals surface area contributed by atoms with Crippen molar-refractivity contribution in [3.8, 4) is 0 Å². The van der Waals surface area contributed by atoms with Gasteiger partial charge in [0.2, 0.25) is 0 Å². The number of amides is 1. The van der Waals surface area contributed by atoms with Gasteiger partial charge in [-0.1, -0.05) is 36.4 Å². The minimum Gasteiger partial charge on any atom is -0.480 e. The van der Waals surface area contributed by atoms with Crippen molar-refractivity contribution in [2.24, 2.45) is 5.92 Å². The maximum absolute atomic E-state index is 12.9. The van der Waals surface area contributed by atoms with E-state index in [2.05, 4.69) is 29.6 Å². The summed E-state index contributed by atoms with van der Waals surface area (Å²) in [5, 5.41) is 11.7. The molecule has 1 fully saturated rings. The first-order valence-electron chi connectivity index (χ1n) is 8.93. The predicted molar refractivity (Wildman–Crippen MR) is 102 cm³/mol. The largest absolute Gasteiger partial charge is 0.480 e. The van der Waals surface area contributed by atoms with Crippen LogP contribution in [0.25, 0.3) is 0 Å². The standard InChI is InChI=1S/C21H21NO3S/c1-12(21(24)25)26-17-9-5-4-8-15(17)20(23)22-19-16-11-10-13-6-2-3-7-14(13)18(16)19/h2-9,12,16,18-19H,10-11H2,1H3,(H,22,23)(H,24,25). The molecule has 1 saturated carbocycles. The molecule has 5 heteroatoms. The Kier molecular flexibility index (Phi) is 4.49. The first kappa shape index (κ1) is 17.2. The maximum Gasteiger partial charge on any atom is 0.316 e. The number of rotatable bonds is 5. The van der Waals surface area contributed by atoms with Crippen molar-refractivity contribution in [2.45, 2.75) is 41.9 Å². The van der Waals surface area contributed by atoms with Gasteiger partial charge in [-0.25, -0.2) is 0 Å². The number of aryl methyl sites for hydroxylation is 1. The Morgan fingerprint density at radius 1 is 1.15 bits per heavy atom. The van der Waals surface area contributed by atoms with Crippen molar-refractivity contribution in [1.82, 2.24) is 5.32 Å². The molecule has 0 spiro atoms. The summed E-state index contributed by atoms with van der Waals surface area (Å²) in [5.74, 6) is -0.0501. The lowest BCUT2D eigenvalue weighted by molar-refractivity contribution is -0.136. The quantitative estimate of drug-likeness (QED) is 0.791. The summed E-state index contributed by atoms with van der Waals surface area (Å²) in [5.41, 5.74) is 3.33. The van der Waals surface area contributed by atoms with Crippen LogP contribution >= 0.6 is 11.8 Å². The zero-order valence-electron chi connectivity index (χ0n) is 14.5. The summed E-state index contributed by atoms with van der Waals surface area (Å²) in [6.45, 7) is 1.63. The number of carboxylic acids is 1. The van der Waals surface area contributed by atoms with Crippen LogP contribution in [-0.4, -0.2) is 28.3 Å². The average Bonchev–Trinajstić information content (AvgIpc) is 3.35. The number of hydrogen-bond donors (Lipinski definition) is 2. The molecule has 4 nitrogen and oxygen atoms in total. The van der Waals surface area contributed by atoms with E-state index in [-0.39, 0.29) is 11.9 Å². The molecule has 0 aliphatic heterocycles. The Morgan fingerprint density at radius 3 is 2.69 bits per heavy atom. The van der Waals surface area contributed by atoms with Crippen LogP contribution in [0.15, 0.2) is 53.4 Å². The van der Waals surface area contributed by atoms with E-state index in [0.29, 0.717) is 22.3 Å². The van der Waals surface area contributed by atoms with Gasteiger partial charge in [-0.15, -0.1) is 11.8 Å². The minimum atomic E-state index is -0.880. The normalized spacial score (nSPS) is 24.1. The number of hydrogen-bond acceptors (Lipinski definition) is 3. The van der Waals surface area contributed by atoms with Crippen molar-refractivity contribution < 1.29 is 14.7 Å². The van der Waals surface area contributed by atoms with Gasteiger partial charge in [0.1, 0.15) is 5.25 Å². The molecule has 0 heterocycles. The van der Waals surface area contributed by atoms with Gasteiger partial charge in [0.25, 0.3) is 5.91 Å². The summed E-state index contributed by atoms with van der Waals surface area (Å²) >= 11 is 1.21. The molecule has 2 aliphatic carbocycles. The average molecular weight is 367 g/mol. The first-order valence-corrected chi connectivity index (χ1v) is 9.81. The molecule has 1 amide bonds. The second kappa shape index (κ2) is 6.80. The van der Waals surface area contributed by atoms with Crippen LogP contribution in [-0.2, 0) is 11.2 Å². The summed E-state index contributed by atoms with van der Waals surface area (Å²) in [6.07, 6.45) is 2.19. The highest BCUT2D eigenvalue weighted by Crippen LogP contribution is 2.54. The number of carbonyl (C=O) groups excluding carboxylic acids is 1. The zero-order chi connectivity index (χ0) is 18.3. The van der Waals surface area contributed by atoms with Gasteiger partial charge in [-0.05, 0) is 48.9 Å². The minimum absolute atomic E-state index is 0.109. The van der Waals surface area contributed by atoms with Crippen LogP contribution in [0.5, 0.6) is 0 Å². The Hall–Kier alpha value is -2.27. The molecule has 0 bridgehead atoms. The number of benzene rings is 2. The van der Waals surface area contributed by atoms with Crippen molar-refractivity contribution in [1.29, 1.82) is 0 Å². The van der Waals surface area contributed by atoms with Gasteiger partial charge in [-0.2, -0.15) is 0 Å². The lowest BCUT2D eigenvalue weighted by atomic mass is 9.92.